The van der Waals surface area contributed by atoms with Gasteiger partial charge < -0.3 is 18.3 Å². The molecule has 0 spiro atoms. The topological polar surface area (TPSA) is 78.9 Å². The fourth-order valence-electron chi connectivity index (χ4n) is 1.72. The number of esters is 2. The summed E-state index contributed by atoms with van der Waals surface area (Å²) >= 11 is 3.26. The monoisotopic (exact) mass is 376 g/mol. The zero-order chi connectivity index (χ0) is 16.2. The van der Waals surface area contributed by atoms with Crippen molar-refractivity contribution in [2.75, 3.05) is 0 Å². The predicted octanol–water partition coefficient (Wildman–Crippen LogP) is 4.07. The summed E-state index contributed by atoms with van der Waals surface area (Å²) in [6, 6.07) is 10.7. The summed E-state index contributed by atoms with van der Waals surface area (Å²) in [6.45, 7) is 0. The van der Waals surface area contributed by atoms with Gasteiger partial charge in [0.15, 0.2) is 0 Å². The first-order chi connectivity index (χ1) is 11.1. The van der Waals surface area contributed by atoms with E-state index in [9.17, 15) is 9.59 Å². The van der Waals surface area contributed by atoms with Crippen LogP contribution in [0.2, 0.25) is 0 Å². The molecule has 1 aromatic carbocycles. The van der Waals surface area contributed by atoms with Crippen LogP contribution in [-0.4, -0.2) is 11.9 Å². The molecular formula is C16H9BrO6. The molecule has 0 unspecified atom stereocenters. The Morgan fingerprint density at radius 1 is 0.870 bits per heavy atom. The van der Waals surface area contributed by atoms with E-state index in [0.717, 1.165) is 0 Å². The molecule has 2 heterocycles. The first-order valence-electron chi connectivity index (χ1n) is 6.44. The molecule has 0 aliphatic carbocycles. The summed E-state index contributed by atoms with van der Waals surface area (Å²) in [6.07, 6.45) is 2.76. The summed E-state index contributed by atoms with van der Waals surface area (Å²) in [5, 5.41) is 0. The highest BCUT2D eigenvalue weighted by atomic mass is 79.9. The molecule has 0 aliphatic heterocycles. The first-order valence-corrected chi connectivity index (χ1v) is 7.24. The smallest absolute Gasteiger partial charge is 0.379 e. The van der Waals surface area contributed by atoms with E-state index in [0.29, 0.717) is 4.47 Å². The van der Waals surface area contributed by atoms with Crippen molar-refractivity contribution in [2.45, 2.75) is 0 Å². The summed E-state index contributed by atoms with van der Waals surface area (Å²) in [7, 11) is 0. The van der Waals surface area contributed by atoms with Gasteiger partial charge in [-0.1, -0.05) is 0 Å². The van der Waals surface area contributed by atoms with Crippen molar-refractivity contribution in [1.82, 2.24) is 0 Å². The Balaban J connectivity index is 1.71. The Morgan fingerprint density at radius 3 is 2.00 bits per heavy atom. The minimum atomic E-state index is -0.629. The van der Waals surface area contributed by atoms with Gasteiger partial charge in [0.2, 0.25) is 11.5 Å². The first kappa shape index (κ1) is 15.1. The summed E-state index contributed by atoms with van der Waals surface area (Å²) in [5.41, 5.74) is 0. The predicted molar refractivity (Wildman–Crippen MR) is 81.5 cm³/mol. The zero-order valence-corrected chi connectivity index (χ0v) is 13.1. The molecule has 0 aliphatic rings. The van der Waals surface area contributed by atoms with Crippen LogP contribution in [0.3, 0.4) is 0 Å². The maximum Gasteiger partial charge on any atom is 0.379 e. The van der Waals surface area contributed by atoms with E-state index in [4.69, 9.17) is 18.3 Å². The molecular weight excluding hydrogens is 368 g/mol. The van der Waals surface area contributed by atoms with Gasteiger partial charge in [-0.15, -0.1) is 0 Å². The number of hydrogen-bond acceptors (Lipinski definition) is 6. The SMILES string of the molecule is O=C(Oc1ccc(OC(=O)c2ccco2)c(Br)c1)c1ccco1. The maximum atomic E-state index is 11.8. The van der Waals surface area contributed by atoms with Gasteiger partial charge in [0.05, 0.1) is 17.0 Å². The van der Waals surface area contributed by atoms with E-state index in [1.165, 1.54) is 42.9 Å². The van der Waals surface area contributed by atoms with Crippen LogP contribution in [-0.2, 0) is 0 Å². The van der Waals surface area contributed by atoms with Crippen LogP contribution in [0, 0.1) is 0 Å². The quantitative estimate of drug-likeness (QED) is 0.504. The van der Waals surface area contributed by atoms with Crippen LogP contribution in [0.25, 0.3) is 0 Å². The molecule has 0 N–H and O–H groups in total. The molecule has 0 fully saturated rings. The Labute approximate surface area is 138 Å². The number of hydrogen-bond donors (Lipinski definition) is 0. The van der Waals surface area contributed by atoms with Gasteiger partial charge >= 0.3 is 11.9 Å². The molecule has 0 saturated carbocycles. The third kappa shape index (κ3) is 3.51. The lowest BCUT2D eigenvalue weighted by Gasteiger charge is -2.07. The van der Waals surface area contributed by atoms with E-state index in [2.05, 4.69) is 15.9 Å². The van der Waals surface area contributed by atoms with Gasteiger partial charge in [0.1, 0.15) is 11.5 Å². The summed E-state index contributed by atoms with van der Waals surface area (Å²) in [5.74, 6) is -0.529. The van der Waals surface area contributed by atoms with Gasteiger partial charge in [-0.25, -0.2) is 9.59 Å². The molecule has 6 nitrogen and oxygen atoms in total. The van der Waals surface area contributed by atoms with E-state index in [-0.39, 0.29) is 23.0 Å². The lowest BCUT2D eigenvalue weighted by Crippen LogP contribution is -2.09. The molecule has 7 heteroatoms. The normalized spacial score (nSPS) is 10.3. The average molecular weight is 377 g/mol. The molecule has 0 radical (unpaired) electrons. The highest BCUT2D eigenvalue weighted by molar-refractivity contribution is 9.10. The van der Waals surface area contributed by atoms with Gasteiger partial charge in [-0.2, -0.15) is 0 Å². The summed E-state index contributed by atoms with van der Waals surface area (Å²) in [4.78, 5) is 23.6. The van der Waals surface area contributed by atoms with Crippen LogP contribution in [0.5, 0.6) is 11.5 Å². The van der Waals surface area contributed by atoms with Gasteiger partial charge in [0, 0.05) is 0 Å². The third-order valence-corrected chi connectivity index (χ3v) is 3.38. The number of rotatable bonds is 4. The Morgan fingerprint density at radius 2 is 1.48 bits per heavy atom. The minimum Gasteiger partial charge on any atom is -0.457 e. The van der Waals surface area contributed by atoms with E-state index < -0.39 is 11.9 Å². The second-order valence-corrected chi connectivity index (χ2v) is 5.18. The second kappa shape index (κ2) is 6.53. The number of benzene rings is 1. The standard InChI is InChI=1S/C16H9BrO6/c17-11-9-10(22-15(18)13-3-1-7-20-13)5-6-12(11)23-16(19)14-4-2-8-21-14/h1-9H. The van der Waals surface area contributed by atoms with Crippen molar-refractivity contribution in [1.29, 1.82) is 0 Å². The van der Waals surface area contributed by atoms with Crippen LogP contribution >= 0.6 is 15.9 Å². The number of halogens is 1. The van der Waals surface area contributed by atoms with Crippen molar-refractivity contribution in [3.05, 3.63) is 71.0 Å². The van der Waals surface area contributed by atoms with Crippen molar-refractivity contribution in [3.63, 3.8) is 0 Å². The lowest BCUT2D eigenvalue weighted by atomic mass is 10.3. The van der Waals surface area contributed by atoms with Crippen molar-refractivity contribution >= 4 is 27.9 Å². The molecule has 3 aromatic rings. The molecule has 23 heavy (non-hydrogen) atoms. The zero-order valence-electron chi connectivity index (χ0n) is 11.5. The fraction of sp³-hybridized carbons (Fsp3) is 0. The van der Waals surface area contributed by atoms with Gasteiger partial charge in [0.25, 0.3) is 0 Å². The molecule has 3 rings (SSSR count). The fourth-order valence-corrected chi connectivity index (χ4v) is 2.16. The summed E-state index contributed by atoms with van der Waals surface area (Å²) < 4.78 is 20.7. The van der Waals surface area contributed by atoms with E-state index in [1.54, 1.807) is 12.1 Å². The van der Waals surface area contributed by atoms with E-state index >= 15 is 0 Å². The van der Waals surface area contributed by atoms with Crippen molar-refractivity contribution < 1.29 is 27.9 Å². The number of carbonyl (C=O) groups excluding carboxylic acids is 2. The molecule has 0 bridgehead atoms. The maximum absolute atomic E-state index is 11.8. The van der Waals surface area contributed by atoms with Crippen molar-refractivity contribution in [3.8, 4) is 11.5 Å². The molecule has 0 amide bonds. The largest absolute Gasteiger partial charge is 0.457 e. The molecule has 2 aromatic heterocycles. The highest BCUT2D eigenvalue weighted by Crippen LogP contribution is 2.30. The van der Waals surface area contributed by atoms with Crippen molar-refractivity contribution in [2.24, 2.45) is 0 Å². The number of ether oxygens (including phenoxy) is 2. The number of furan rings is 2. The Bertz CT molecular complexity index is 820. The van der Waals surface area contributed by atoms with Crippen LogP contribution < -0.4 is 9.47 Å². The van der Waals surface area contributed by atoms with Crippen LogP contribution in [0.15, 0.2) is 68.3 Å². The van der Waals surface area contributed by atoms with Crippen LogP contribution in [0.1, 0.15) is 21.1 Å². The second-order valence-electron chi connectivity index (χ2n) is 4.33. The molecule has 116 valence electrons. The lowest BCUT2D eigenvalue weighted by molar-refractivity contribution is 0.0686. The number of carbonyl (C=O) groups is 2. The molecule has 0 atom stereocenters. The minimum absolute atomic E-state index is 0.0882. The van der Waals surface area contributed by atoms with Gasteiger partial charge in [-0.3, -0.25) is 0 Å². The Hall–Kier alpha value is -2.80. The molecule has 0 saturated heterocycles. The third-order valence-electron chi connectivity index (χ3n) is 2.76. The average Bonchev–Trinajstić information content (AvgIpc) is 3.23. The Kier molecular flexibility index (Phi) is 4.29. The highest BCUT2D eigenvalue weighted by Gasteiger charge is 2.16. The van der Waals surface area contributed by atoms with E-state index in [1.807, 2.05) is 0 Å². The van der Waals surface area contributed by atoms with Gasteiger partial charge in [-0.05, 0) is 58.4 Å². The van der Waals surface area contributed by atoms with Crippen LogP contribution in [0.4, 0.5) is 0 Å².